The molecular weight excluding hydrogens is 573 g/mol. The first-order valence-corrected chi connectivity index (χ1v) is 13.0. The number of aromatic nitrogens is 4. The molecular formula is C23H18F2N5Na2O5PS. The molecule has 0 spiro atoms. The van der Waals surface area contributed by atoms with E-state index in [1.54, 1.807) is 36.6 Å². The van der Waals surface area contributed by atoms with E-state index in [2.05, 4.69) is 19.6 Å². The fourth-order valence-electron chi connectivity index (χ4n) is 3.82. The fraction of sp³-hybridized carbons (Fsp3) is 0.217. The van der Waals surface area contributed by atoms with E-state index in [9.17, 15) is 18.7 Å². The molecule has 0 N–H and O–H groups in total. The summed E-state index contributed by atoms with van der Waals surface area (Å²) in [6.07, 6.45) is 2.58. The molecule has 16 heteroatoms. The quantitative estimate of drug-likeness (QED) is 0.107. The van der Waals surface area contributed by atoms with Gasteiger partial charge in [0.1, 0.15) is 29.9 Å². The maximum Gasteiger partial charge on any atom is 1.00 e. The van der Waals surface area contributed by atoms with E-state index in [4.69, 9.17) is 10.00 Å². The maximum atomic E-state index is 15.2. The molecule has 192 valence electrons. The molecule has 4 rings (SSSR count). The second kappa shape index (κ2) is 14.5. The minimum atomic E-state index is -5.43. The summed E-state index contributed by atoms with van der Waals surface area (Å²) in [5, 5.41) is 15.3. The number of hydrogen-bond acceptors (Lipinski definition) is 10. The van der Waals surface area contributed by atoms with Crippen molar-refractivity contribution in [1.82, 2.24) is 19.7 Å². The molecule has 0 fully saturated rings. The number of benzene rings is 2. The predicted molar refractivity (Wildman–Crippen MR) is 123 cm³/mol. The molecule has 0 amide bonds. The van der Waals surface area contributed by atoms with E-state index in [0.717, 1.165) is 11.6 Å². The van der Waals surface area contributed by atoms with Crippen LogP contribution in [0.2, 0.25) is 0 Å². The van der Waals surface area contributed by atoms with Gasteiger partial charge in [0, 0.05) is 28.5 Å². The second-order valence-electron chi connectivity index (χ2n) is 7.93. The smallest absolute Gasteiger partial charge is 0.790 e. The Balaban J connectivity index is 0.00000267. The van der Waals surface area contributed by atoms with Crippen molar-refractivity contribution in [3.05, 3.63) is 88.3 Å². The predicted octanol–water partition coefficient (Wildman–Crippen LogP) is -2.92. The zero-order valence-electron chi connectivity index (χ0n) is 21.2. The number of hydrogen-bond donors (Lipinski definition) is 0. The Labute approximate surface area is 270 Å². The van der Waals surface area contributed by atoms with Crippen molar-refractivity contribution in [2.45, 2.75) is 25.0 Å². The molecule has 1 unspecified atom stereocenters. The van der Waals surface area contributed by atoms with Crippen molar-refractivity contribution in [3.8, 4) is 17.3 Å². The van der Waals surface area contributed by atoms with E-state index in [1.165, 1.54) is 34.7 Å². The van der Waals surface area contributed by atoms with E-state index >= 15 is 4.39 Å². The second-order valence-corrected chi connectivity index (χ2v) is 9.97. The zero-order valence-corrected chi connectivity index (χ0v) is 26.9. The van der Waals surface area contributed by atoms with Crippen LogP contribution in [0.1, 0.15) is 29.0 Å². The van der Waals surface area contributed by atoms with Crippen LogP contribution >= 0.6 is 19.2 Å². The Morgan fingerprint density at radius 1 is 1.21 bits per heavy atom. The third-order valence-electron chi connectivity index (χ3n) is 5.68. The Hall–Kier alpha value is -1.37. The van der Waals surface area contributed by atoms with Crippen LogP contribution in [0, 0.1) is 23.0 Å². The molecule has 0 aliphatic rings. The Kier molecular flexibility index (Phi) is 12.6. The van der Waals surface area contributed by atoms with Crippen LogP contribution in [0.3, 0.4) is 0 Å². The van der Waals surface area contributed by atoms with E-state index in [-0.39, 0.29) is 71.2 Å². The minimum absolute atomic E-state index is 0. The standard InChI is InChI=1S/C23H20F2N5O5PS.2Na/c1-15(22-29-21(10-37-22)17-4-2-16(9-26)3-5-17)23(11-30-13-27-12-28-30,34-14-35-36(31,32)33)19-7-6-18(24)8-20(19)25;;/h2-8,10,12-13,15H,11,14H2,1H3,(H2,31,32,33);;/q;2*+1/p-2/t15-,23?;;/m0../s1. The number of phosphoric ester groups is 1. The molecule has 0 saturated carbocycles. The number of ether oxygens (including phenoxy) is 1. The summed E-state index contributed by atoms with van der Waals surface area (Å²) in [5.41, 5.74) is -0.117. The van der Waals surface area contributed by atoms with E-state index in [1.807, 2.05) is 6.07 Å². The first-order chi connectivity index (χ1) is 17.6. The van der Waals surface area contributed by atoms with Gasteiger partial charge in [-0.15, -0.1) is 11.3 Å². The van der Waals surface area contributed by atoms with Crippen molar-refractivity contribution < 1.29 is 91.5 Å². The average Bonchev–Trinajstić information content (AvgIpc) is 3.55. The van der Waals surface area contributed by atoms with Crippen molar-refractivity contribution in [2.24, 2.45) is 0 Å². The van der Waals surface area contributed by atoms with Crippen molar-refractivity contribution in [2.75, 3.05) is 6.79 Å². The van der Waals surface area contributed by atoms with Gasteiger partial charge in [0.25, 0.3) is 0 Å². The molecule has 0 aliphatic heterocycles. The number of thiazole rings is 1. The summed E-state index contributed by atoms with van der Waals surface area (Å²) >= 11 is 1.23. The Morgan fingerprint density at radius 2 is 1.92 bits per heavy atom. The van der Waals surface area contributed by atoms with Crippen LogP contribution in [0.25, 0.3) is 11.3 Å². The molecule has 0 saturated heterocycles. The van der Waals surface area contributed by atoms with Gasteiger partial charge >= 0.3 is 59.1 Å². The molecule has 10 nitrogen and oxygen atoms in total. The third kappa shape index (κ3) is 8.33. The van der Waals surface area contributed by atoms with Crippen LogP contribution in [-0.2, 0) is 26.0 Å². The molecule has 39 heavy (non-hydrogen) atoms. The normalized spacial score (nSPS) is 13.4. The van der Waals surface area contributed by atoms with Crippen LogP contribution < -0.4 is 68.9 Å². The largest absolute Gasteiger partial charge is 1.00 e. The van der Waals surface area contributed by atoms with Gasteiger partial charge in [-0.2, -0.15) is 10.4 Å². The van der Waals surface area contributed by atoms with E-state index < -0.39 is 37.8 Å². The number of phosphoric acid groups is 1. The SMILES string of the molecule is C[C@@H](c1nc(-c2ccc(C#N)cc2)cs1)C(Cn1cncn1)(OCOP(=O)([O-])[O-])c1ccc(F)cc1F.[Na+].[Na+]. The maximum absolute atomic E-state index is 15.2. The summed E-state index contributed by atoms with van der Waals surface area (Å²) < 4.78 is 51.6. The van der Waals surface area contributed by atoms with Crippen LogP contribution in [-0.4, -0.2) is 26.5 Å². The molecule has 2 atom stereocenters. The monoisotopic (exact) mass is 591 g/mol. The van der Waals surface area contributed by atoms with Gasteiger partial charge in [-0.05, 0) is 18.2 Å². The summed E-state index contributed by atoms with van der Waals surface area (Å²) in [5.74, 6) is -2.60. The van der Waals surface area contributed by atoms with Crippen LogP contribution in [0.5, 0.6) is 0 Å². The number of nitriles is 1. The first kappa shape index (κ1) is 33.8. The van der Waals surface area contributed by atoms with Gasteiger partial charge in [0.15, 0.2) is 6.79 Å². The average molecular weight is 591 g/mol. The van der Waals surface area contributed by atoms with E-state index in [0.29, 0.717) is 22.3 Å². The molecule has 0 radical (unpaired) electrons. The third-order valence-corrected chi connectivity index (χ3v) is 7.13. The topological polar surface area (TPSA) is 149 Å². The fourth-order valence-corrected chi connectivity index (χ4v) is 4.97. The summed E-state index contributed by atoms with van der Waals surface area (Å²) in [6, 6.07) is 11.7. The number of nitrogens with zero attached hydrogens (tertiary/aromatic N) is 5. The molecule has 0 aliphatic carbocycles. The van der Waals surface area contributed by atoms with Gasteiger partial charge < -0.3 is 23.6 Å². The molecule has 2 aromatic heterocycles. The van der Waals surface area contributed by atoms with Crippen LogP contribution in [0.4, 0.5) is 8.78 Å². The summed E-state index contributed by atoms with van der Waals surface area (Å²) in [7, 11) is -5.43. The Morgan fingerprint density at radius 3 is 2.51 bits per heavy atom. The summed E-state index contributed by atoms with van der Waals surface area (Å²) in [4.78, 5) is 30.8. The number of halogens is 2. The van der Waals surface area contributed by atoms with Crippen molar-refractivity contribution in [3.63, 3.8) is 0 Å². The molecule has 2 heterocycles. The molecule has 0 bridgehead atoms. The van der Waals surface area contributed by atoms with Gasteiger partial charge in [-0.3, -0.25) is 0 Å². The van der Waals surface area contributed by atoms with Gasteiger partial charge in [0.2, 0.25) is 0 Å². The van der Waals surface area contributed by atoms with Crippen molar-refractivity contribution >= 4 is 19.2 Å². The zero-order chi connectivity index (χ0) is 26.6. The molecule has 2 aromatic carbocycles. The van der Waals surface area contributed by atoms with Gasteiger partial charge in [-0.25, -0.2) is 23.4 Å². The summed E-state index contributed by atoms with van der Waals surface area (Å²) in [6.45, 7) is 0.414. The van der Waals surface area contributed by atoms with Crippen LogP contribution in [0.15, 0.2) is 60.5 Å². The van der Waals surface area contributed by atoms with Crippen molar-refractivity contribution in [1.29, 1.82) is 5.26 Å². The minimum Gasteiger partial charge on any atom is -0.790 e. The Bertz CT molecular complexity index is 1470. The van der Waals surface area contributed by atoms with Gasteiger partial charge in [-0.1, -0.05) is 25.1 Å². The number of rotatable bonds is 10. The van der Waals surface area contributed by atoms with Gasteiger partial charge in [0.05, 0.1) is 36.7 Å². The molecule has 4 aromatic rings. The first-order valence-electron chi connectivity index (χ1n) is 10.7.